The Morgan fingerprint density at radius 3 is 2.50 bits per heavy atom. The minimum absolute atomic E-state index is 0. The number of rotatable bonds is 8. The lowest BCUT2D eigenvalue weighted by molar-refractivity contribution is -0.123. The summed E-state index contributed by atoms with van der Waals surface area (Å²) >= 11 is 0. The number of amides is 1. The van der Waals surface area contributed by atoms with Gasteiger partial charge in [0.15, 0.2) is 0 Å². The van der Waals surface area contributed by atoms with Crippen molar-refractivity contribution >= 4 is 5.91 Å². The van der Waals surface area contributed by atoms with Crippen molar-refractivity contribution in [2.24, 2.45) is 11.3 Å². The van der Waals surface area contributed by atoms with Gasteiger partial charge in [0.05, 0.1) is 19.3 Å². The van der Waals surface area contributed by atoms with Gasteiger partial charge in [0.25, 0.3) is 0 Å². The third kappa shape index (κ3) is 7.98. The Kier molecular flexibility index (Phi) is 8.16. The number of nitrogens with one attached hydrogen (secondary N) is 1. The van der Waals surface area contributed by atoms with Gasteiger partial charge in [-0.15, -0.1) is 0 Å². The van der Waals surface area contributed by atoms with Crippen LogP contribution in [0.2, 0.25) is 0 Å². The van der Waals surface area contributed by atoms with Gasteiger partial charge in [-0.25, -0.2) is 0 Å². The highest BCUT2D eigenvalue weighted by atomic mass is 16.5. The first-order chi connectivity index (χ1) is 10.3. The molecule has 1 aliphatic rings. The van der Waals surface area contributed by atoms with Gasteiger partial charge in [0, 0.05) is 7.85 Å². The third-order valence-electron chi connectivity index (χ3n) is 4.52. The van der Waals surface area contributed by atoms with Crippen molar-refractivity contribution in [1.29, 1.82) is 0 Å². The minimum Gasteiger partial charge on any atom is -0.375 e. The van der Waals surface area contributed by atoms with Gasteiger partial charge in [-0.1, -0.05) is 65.0 Å². The molecule has 130 valence electrons. The molecule has 0 heterocycles. The predicted molar refractivity (Wildman–Crippen MR) is 94.9 cm³/mol. The molecule has 1 atom stereocenters. The van der Waals surface area contributed by atoms with Crippen LogP contribution in [0.25, 0.3) is 0 Å². The predicted octanol–water partition coefficient (Wildman–Crippen LogP) is 4.72. The van der Waals surface area contributed by atoms with Gasteiger partial charge in [0.1, 0.15) is 0 Å². The third-order valence-corrected chi connectivity index (χ3v) is 4.52. The van der Waals surface area contributed by atoms with Gasteiger partial charge in [-0.05, 0) is 24.7 Å². The van der Waals surface area contributed by atoms with E-state index < -0.39 is 0 Å². The van der Waals surface area contributed by atoms with Gasteiger partial charge in [-0.2, -0.15) is 0 Å². The van der Waals surface area contributed by atoms with Crippen LogP contribution in [0, 0.1) is 11.3 Å². The SMILES string of the molecule is C=C(C)COCC(NC(=O)CCC1CCCCC1)C(C)(C)C.[HH]. The van der Waals surface area contributed by atoms with Crippen LogP contribution in [-0.4, -0.2) is 25.2 Å². The molecule has 1 amide bonds. The Bertz CT molecular complexity index is 357. The first kappa shape index (κ1) is 19.2. The lowest BCUT2D eigenvalue weighted by atomic mass is 9.85. The fourth-order valence-electron chi connectivity index (χ4n) is 2.94. The quantitative estimate of drug-likeness (QED) is 0.659. The molecular formula is C19H37NO2. The fourth-order valence-corrected chi connectivity index (χ4v) is 2.94. The summed E-state index contributed by atoms with van der Waals surface area (Å²) in [7, 11) is 0. The molecule has 0 spiro atoms. The number of hydrogen-bond donors (Lipinski definition) is 1. The van der Waals surface area contributed by atoms with E-state index in [2.05, 4.69) is 32.7 Å². The van der Waals surface area contributed by atoms with Crippen LogP contribution in [0.1, 0.15) is 74.1 Å². The normalized spacial score (nSPS) is 18.0. The summed E-state index contributed by atoms with van der Waals surface area (Å²) in [5.74, 6) is 0.927. The Hall–Kier alpha value is -0.830. The highest BCUT2D eigenvalue weighted by Crippen LogP contribution is 2.27. The maximum absolute atomic E-state index is 12.3. The van der Waals surface area contributed by atoms with E-state index >= 15 is 0 Å². The molecular weight excluding hydrogens is 274 g/mol. The molecule has 1 rings (SSSR count). The molecule has 1 N–H and O–H groups in total. The molecule has 22 heavy (non-hydrogen) atoms. The first-order valence-corrected chi connectivity index (χ1v) is 8.80. The molecule has 0 bridgehead atoms. The average molecular weight is 312 g/mol. The highest BCUT2D eigenvalue weighted by molar-refractivity contribution is 5.76. The van der Waals surface area contributed by atoms with Crippen LogP contribution < -0.4 is 5.32 Å². The van der Waals surface area contributed by atoms with Crippen LogP contribution in [0.5, 0.6) is 0 Å². The Morgan fingerprint density at radius 1 is 1.32 bits per heavy atom. The maximum atomic E-state index is 12.3. The summed E-state index contributed by atoms with van der Waals surface area (Å²) in [6.07, 6.45) is 8.34. The molecule has 0 aromatic heterocycles. The summed E-state index contributed by atoms with van der Waals surface area (Å²) < 4.78 is 5.66. The molecule has 0 saturated heterocycles. The molecule has 3 nitrogen and oxygen atoms in total. The molecule has 0 aliphatic heterocycles. The van der Waals surface area contributed by atoms with E-state index in [1.54, 1.807) is 0 Å². The van der Waals surface area contributed by atoms with Crippen LogP contribution in [0.4, 0.5) is 0 Å². The fraction of sp³-hybridized carbons (Fsp3) is 0.842. The zero-order chi connectivity index (χ0) is 16.6. The molecule has 0 aromatic rings. The lowest BCUT2D eigenvalue weighted by Crippen LogP contribution is -2.46. The number of carbonyl (C=O) groups excluding carboxylic acids is 1. The summed E-state index contributed by atoms with van der Waals surface area (Å²) in [5.41, 5.74) is 1.01. The van der Waals surface area contributed by atoms with Crippen molar-refractivity contribution in [3.63, 3.8) is 0 Å². The smallest absolute Gasteiger partial charge is 0.220 e. The van der Waals surface area contributed by atoms with E-state index in [-0.39, 0.29) is 18.8 Å². The zero-order valence-corrected chi connectivity index (χ0v) is 15.0. The molecule has 1 fully saturated rings. The van der Waals surface area contributed by atoms with Gasteiger partial charge < -0.3 is 10.1 Å². The van der Waals surface area contributed by atoms with Crippen molar-refractivity contribution in [1.82, 2.24) is 5.32 Å². The number of hydrogen-bond acceptors (Lipinski definition) is 2. The van der Waals surface area contributed by atoms with Crippen molar-refractivity contribution in [3.8, 4) is 0 Å². The minimum atomic E-state index is -0.00439. The second kappa shape index (κ2) is 9.34. The molecule has 0 aromatic carbocycles. The standard InChI is InChI=1S/C19H35NO2.H2/c1-15(2)13-22-14-17(19(3,4)5)20-18(21)12-11-16-9-7-6-8-10-16;/h16-17H,1,6-14H2,2-5H3,(H,20,21);1H. The largest absolute Gasteiger partial charge is 0.375 e. The Balaban J connectivity index is 0.00000484. The summed E-state index contributed by atoms with van der Waals surface area (Å²) in [6.45, 7) is 13.3. The van der Waals surface area contributed by atoms with E-state index in [1.165, 1.54) is 32.1 Å². The second-order valence-electron chi connectivity index (χ2n) is 8.00. The number of ether oxygens (including phenoxy) is 1. The summed E-state index contributed by atoms with van der Waals surface area (Å²) in [6, 6.07) is 0.0469. The van der Waals surface area contributed by atoms with E-state index in [0.717, 1.165) is 17.9 Å². The van der Waals surface area contributed by atoms with Gasteiger partial charge >= 0.3 is 0 Å². The van der Waals surface area contributed by atoms with Crippen LogP contribution >= 0.6 is 0 Å². The Labute approximate surface area is 138 Å². The van der Waals surface area contributed by atoms with Crippen molar-refractivity contribution < 1.29 is 11.0 Å². The van der Waals surface area contributed by atoms with E-state index in [9.17, 15) is 4.79 Å². The van der Waals surface area contributed by atoms with E-state index in [1.807, 2.05) is 6.92 Å². The molecule has 1 saturated carbocycles. The van der Waals surface area contributed by atoms with Gasteiger partial charge in [-0.3, -0.25) is 4.79 Å². The van der Waals surface area contributed by atoms with E-state index in [4.69, 9.17) is 4.74 Å². The second-order valence-corrected chi connectivity index (χ2v) is 8.00. The average Bonchev–Trinajstić information content (AvgIpc) is 2.44. The van der Waals surface area contributed by atoms with Crippen LogP contribution in [0.15, 0.2) is 12.2 Å². The van der Waals surface area contributed by atoms with Crippen LogP contribution in [0.3, 0.4) is 0 Å². The van der Waals surface area contributed by atoms with Gasteiger partial charge in [0.2, 0.25) is 5.91 Å². The molecule has 3 heteroatoms. The number of carbonyl (C=O) groups is 1. The maximum Gasteiger partial charge on any atom is 0.220 e. The monoisotopic (exact) mass is 311 g/mol. The lowest BCUT2D eigenvalue weighted by Gasteiger charge is -2.31. The first-order valence-electron chi connectivity index (χ1n) is 8.80. The Morgan fingerprint density at radius 2 is 1.95 bits per heavy atom. The summed E-state index contributed by atoms with van der Waals surface area (Å²) in [5, 5.41) is 3.18. The van der Waals surface area contributed by atoms with Crippen molar-refractivity contribution in [2.75, 3.05) is 13.2 Å². The molecule has 1 unspecified atom stereocenters. The molecule has 0 radical (unpaired) electrons. The molecule has 1 aliphatic carbocycles. The van der Waals surface area contributed by atoms with Crippen molar-refractivity contribution in [2.45, 2.75) is 78.7 Å². The van der Waals surface area contributed by atoms with Crippen LogP contribution in [-0.2, 0) is 9.53 Å². The van der Waals surface area contributed by atoms with E-state index in [0.29, 0.717) is 19.6 Å². The zero-order valence-electron chi connectivity index (χ0n) is 15.0. The summed E-state index contributed by atoms with van der Waals surface area (Å²) in [4.78, 5) is 12.3. The highest BCUT2D eigenvalue weighted by Gasteiger charge is 2.26. The van der Waals surface area contributed by atoms with Crippen molar-refractivity contribution in [3.05, 3.63) is 12.2 Å². The topological polar surface area (TPSA) is 38.3 Å².